The van der Waals surface area contributed by atoms with E-state index in [1.165, 1.54) is 11.0 Å². The highest BCUT2D eigenvalue weighted by atomic mass is 19.2. The molecule has 1 aromatic rings. The zero-order valence-electron chi connectivity index (χ0n) is 15.8. The van der Waals surface area contributed by atoms with Crippen LogP contribution in [0.4, 0.5) is 13.2 Å². The van der Waals surface area contributed by atoms with Crippen LogP contribution in [0.15, 0.2) is 12.1 Å². The van der Waals surface area contributed by atoms with E-state index in [1.807, 2.05) is 6.07 Å². The summed E-state index contributed by atoms with van der Waals surface area (Å²) in [7, 11) is 0. The topological polar surface area (TPSA) is 85.2 Å². The lowest BCUT2D eigenvalue weighted by atomic mass is 9.90. The molecular formula is C20H21F3N4O2. The van der Waals surface area contributed by atoms with Gasteiger partial charge in [0.15, 0.2) is 11.6 Å². The number of piperidine rings is 1. The van der Waals surface area contributed by atoms with Gasteiger partial charge in [-0.2, -0.15) is 5.26 Å². The predicted octanol–water partition coefficient (Wildman–Crippen LogP) is 1.68. The summed E-state index contributed by atoms with van der Waals surface area (Å²) >= 11 is 0. The predicted molar refractivity (Wildman–Crippen MR) is 96.2 cm³/mol. The summed E-state index contributed by atoms with van der Waals surface area (Å²) in [6.45, 7) is 1.69. The van der Waals surface area contributed by atoms with Crippen molar-refractivity contribution in [1.82, 2.24) is 15.5 Å². The van der Waals surface area contributed by atoms with Crippen LogP contribution < -0.4 is 10.6 Å². The largest absolute Gasteiger partial charge is 0.350 e. The van der Waals surface area contributed by atoms with Gasteiger partial charge in [-0.05, 0) is 31.4 Å². The average molecular weight is 406 g/mol. The highest BCUT2D eigenvalue weighted by Gasteiger charge is 2.51. The van der Waals surface area contributed by atoms with Crippen molar-refractivity contribution in [1.29, 1.82) is 5.26 Å². The van der Waals surface area contributed by atoms with E-state index in [0.717, 1.165) is 6.07 Å². The van der Waals surface area contributed by atoms with Gasteiger partial charge in [-0.3, -0.25) is 9.59 Å². The number of nitriles is 1. The summed E-state index contributed by atoms with van der Waals surface area (Å²) < 4.78 is 42.2. The molecule has 154 valence electrons. The van der Waals surface area contributed by atoms with E-state index in [2.05, 4.69) is 10.6 Å². The number of hydrogen-bond donors (Lipinski definition) is 2. The van der Waals surface area contributed by atoms with Gasteiger partial charge in [0.25, 0.3) is 0 Å². The second kappa shape index (κ2) is 7.34. The van der Waals surface area contributed by atoms with Crippen LogP contribution in [0.1, 0.15) is 42.9 Å². The molecule has 9 heteroatoms. The van der Waals surface area contributed by atoms with Crippen LogP contribution in [0.2, 0.25) is 0 Å². The zero-order chi connectivity index (χ0) is 20.9. The Morgan fingerprint density at radius 3 is 2.86 bits per heavy atom. The van der Waals surface area contributed by atoms with Crippen LogP contribution in [-0.4, -0.2) is 48.1 Å². The van der Waals surface area contributed by atoms with Crippen LogP contribution in [-0.2, 0) is 9.59 Å². The Morgan fingerprint density at radius 2 is 2.17 bits per heavy atom. The smallest absolute Gasteiger partial charge is 0.239 e. The molecule has 2 bridgehead atoms. The van der Waals surface area contributed by atoms with Gasteiger partial charge in [0.05, 0.1) is 30.0 Å². The second-order valence-electron chi connectivity index (χ2n) is 8.00. The number of nitrogens with one attached hydrogen (secondary N) is 2. The number of benzene rings is 1. The zero-order valence-corrected chi connectivity index (χ0v) is 15.8. The van der Waals surface area contributed by atoms with Crippen molar-refractivity contribution in [2.24, 2.45) is 5.92 Å². The van der Waals surface area contributed by atoms with Gasteiger partial charge in [-0.25, -0.2) is 13.2 Å². The van der Waals surface area contributed by atoms with Crippen LogP contribution in [0.3, 0.4) is 0 Å². The minimum atomic E-state index is -1.28. The van der Waals surface area contributed by atoms with E-state index in [4.69, 9.17) is 5.26 Å². The van der Waals surface area contributed by atoms with Crippen molar-refractivity contribution in [3.8, 4) is 6.07 Å². The fourth-order valence-corrected chi connectivity index (χ4v) is 4.79. The Labute approximate surface area is 166 Å². The number of halogens is 3. The maximum absolute atomic E-state index is 14.3. The van der Waals surface area contributed by atoms with Crippen LogP contribution in [0, 0.1) is 28.9 Å². The molecule has 4 rings (SSSR count). The van der Waals surface area contributed by atoms with Gasteiger partial charge in [0, 0.05) is 18.2 Å². The average Bonchev–Trinajstić information content (AvgIpc) is 3.21. The number of carbonyl (C=O) groups is 2. The maximum Gasteiger partial charge on any atom is 0.239 e. The first-order valence-corrected chi connectivity index (χ1v) is 9.66. The van der Waals surface area contributed by atoms with Gasteiger partial charge in [-0.1, -0.05) is 6.07 Å². The lowest BCUT2D eigenvalue weighted by molar-refractivity contribution is -0.136. The van der Waals surface area contributed by atoms with Crippen LogP contribution in [0.5, 0.6) is 0 Å². The SMILES string of the molecule is C[C@@H](NC(=O)CN1C(=O)[C@@H]2C[C@H]1c1c2ccc(F)c1F)C1NCC(C#N)CC1F. The molecule has 2 N–H and O–H groups in total. The molecule has 3 aliphatic rings. The van der Waals surface area contributed by atoms with Crippen molar-refractivity contribution in [3.05, 3.63) is 34.9 Å². The number of alkyl halides is 1. The molecule has 3 unspecified atom stereocenters. The van der Waals surface area contributed by atoms with Crippen LogP contribution >= 0.6 is 0 Å². The molecule has 1 aromatic carbocycles. The van der Waals surface area contributed by atoms with Gasteiger partial charge in [0.1, 0.15) is 12.7 Å². The molecule has 6 nitrogen and oxygen atoms in total. The molecule has 2 heterocycles. The van der Waals surface area contributed by atoms with Gasteiger partial charge < -0.3 is 15.5 Å². The van der Waals surface area contributed by atoms with Gasteiger partial charge >= 0.3 is 0 Å². The number of carbonyl (C=O) groups excluding carboxylic acids is 2. The van der Waals surface area contributed by atoms with E-state index in [1.54, 1.807) is 6.92 Å². The van der Waals surface area contributed by atoms with Crippen molar-refractivity contribution >= 4 is 11.8 Å². The highest BCUT2D eigenvalue weighted by Crippen LogP contribution is 2.51. The third-order valence-electron chi connectivity index (χ3n) is 6.21. The Kier molecular flexibility index (Phi) is 4.99. The number of fused-ring (bicyclic) bond motifs is 5. The van der Waals surface area contributed by atoms with Gasteiger partial charge in [0.2, 0.25) is 11.8 Å². The van der Waals surface area contributed by atoms with Crippen molar-refractivity contribution in [3.63, 3.8) is 0 Å². The molecule has 1 aliphatic carbocycles. The molecule has 0 aromatic heterocycles. The molecule has 29 heavy (non-hydrogen) atoms. The molecule has 2 fully saturated rings. The molecule has 2 aliphatic heterocycles. The van der Waals surface area contributed by atoms with Crippen molar-refractivity contribution in [2.45, 2.75) is 50.0 Å². The minimum Gasteiger partial charge on any atom is -0.350 e. The first-order valence-electron chi connectivity index (χ1n) is 9.66. The van der Waals surface area contributed by atoms with Gasteiger partial charge in [-0.15, -0.1) is 0 Å². The number of likely N-dealkylation sites (tertiary alicyclic amines) is 1. The first kappa shape index (κ1) is 19.7. The fourth-order valence-electron chi connectivity index (χ4n) is 4.79. The fraction of sp³-hybridized carbons (Fsp3) is 0.550. The third-order valence-corrected chi connectivity index (χ3v) is 6.21. The normalized spacial score (nSPS) is 31.3. The minimum absolute atomic E-state index is 0.102. The van der Waals surface area contributed by atoms with E-state index in [9.17, 15) is 22.8 Å². The quantitative estimate of drug-likeness (QED) is 0.797. The molecular weight excluding hydrogens is 385 g/mol. The summed E-state index contributed by atoms with van der Waals surface area (Å²) in [5, 5.41) is 14.5. The molecule has 0 radical (unpaired) electrons. The summed E-state index contributed by atoms with van der Waals surface area (Å²) in [6, 6.07) is 2.61. The lowest BCUT2D eigenvalue weighted by Gasteiger charge is -2.35. The van der Waals surface area contributed by atoms with Crippen molar-refractivity contribution in [2.75, 3.05) is 13.1 Å². The summed E-state index contributed by atoms with van der Waals surface area (Å²) in [6.07, 6.45) is -0.856. The summed E-state index contributed by atoms with van der Waals surface area (Å²) in [5.74, 6) is -3.69. The molecule has 0 spiro atoms. The third kappa shape index (κ3) is 3.25. The standard InChI is InChI=1S/C20H21F3N4O2/c1-9(19-14(22)4-10(6-24)7-25-19)26-16(28)8-27-15-5-12(20(27)29)11-2-3-13(21)18(23)17(11)15/h2-3,9-10,12,14-15,19,25H,4-5,7-8H2,1H3,(H,26,28)/t9-,10?,12-,14?,15+,19?/m1/s1. The highest BCUT2D eigenvalue weighted by molar-refractivity contribution is 5.93. The summed E-state index contributed by atoms with van der Waals surface area (Å²) in [4.78, 5) is 26.4. The van der Waals surface area contributed by atoms with E-state index >= 15 is 0 Å². The van der Waals surface area contributed by atoms with E-state index in [-0.39, 0.29) is 24.4 Å². The van der Waals surface area contributed by atoms with Crippen molar-refractivity contribution < 1.29 is 22.8 Å². The molecule has 2 saturated heterocycles. The first-order chi connectivity index (χ1) is 13.8. The number of hydrogen-bond acceptors (Lipinski definition) is 4. The Balaban J connectivity index is 1.41. The Morgan fingerprint density at radius 1 is 1.41 bits per heavy atom. The number of amides is 2. The number of nitrogens with zero attached hydrogens (tertiary/aromatic N) is 2. The molecule has 2 amide bonds. The Hall–Kier alpha value is -2.60. The van der Waals surface area contributed by atoms with E-state index in [0.29, 0.717) is 18.5 Å². The molecule has 0 saturated carbocycles. The summed E-state index contributed by atoms with van der Waals surface area (Å²) in [5.41, 5.74) is 0.637. The van der Waals surface area contributed by atoms with Crippen LogP contribution in [0.25, 0.3) is 0 Å². The monoisotopic (exact) mass is 406 g/mol. The molecule has 6 atom stereocenters. The maximum atomic E-state index is 14.3. The lowest BCUT2D eigenvalue weighted by Crippen LogP contribution is -2.58. The number of rotatable bonds is 4. The second-order valence-corrected chi connectivity index (χ2v) is 8.00. The van der Waals surface area contributed by atoms with E-state index < -0.39 is 53.7 Å². The Bertz CT molecular complexity index is 902.